The summed E-state index contributed by atoms with van der Waals surface area (Å²) in [6, 6.07) is 8.00. The number of rotatable bonds is 3. The van der Waals surface area contributed by atoms with Gasteiger partial charge in [0.1, 0.15) is 5.75 Å². The maximum atomic E-state index is 12.8. The molecule has 2 heterocycles. The summed E-state index contributed by atoms with van der Waals surface area (Å²) in [4.78, 5) is 28.8. The Labute approximate surface area is 149 Å². The molecule has 0 unspecified atom stereocenters. The number of hydrogen-bond donors (Lipinski definition) is 0. The minimum atomic E-state index is 0.154. The zero-order chi connectivity index (χ0) is 17.8. The van der Waals surface area contributed by atoms with Crippen molar-refractivity contribution in [1.82, 2.24) is 9.80 Å². The monoisotopic (exact) mass is 344 g/mol. The average molecular weight is 344 g/mol. The van der Waals surface area contributed by atoms with Crippen molar-refractivity contribution in [2.45, 2.75) is 45.1 Å². The molecule has 1 aromatic carbocycles. The number of methoxy groups -OCH3 is 1. The number of hydrogen-bond acceptors (Lipinski definition) is 3. The highest BCUT2D eigenvalue weighted by atomic mass is 16.5. The summed E-state index contributed by atoms with van der Waals surface area (Å²) >= 11 is 0. The molecular formula is C20H28N2O3. The lowest BCUT2D eigenvalue weighted by Crippen LogP contribution is -2.53. The van der Waals surface area contributed by atoms with Gasteiger partial charge in [0, 0.05) is 38.2 Å². The van der Waals surface area contributed by atoms with Crippen LogP contribution in [0.15, 0.2) is 24.3 Å². The molecule has 0 N–H and O–H groups in total. The van der Waals surface area contributed by atoms with E-state index < -0.39 is 0 Å². The smallest absolute Gasteiger partial charge is 0.227 e. The predicted molar refractivity (Wildman–Crippen MR) is 96.4 cm³/mol. The van der Waals surface area contributed by atoms with Gasteiger partial charge in [-0.15, -0.1) is 0 Å². The lowest BCUT2D eigenvalue weighted by molar-refractivity contribution is -0.137. The Kier molecular flexibility index (Phi) is 5.61. The van der Waals surface area contributed by atoms with Gasteiger partial charge in [-0.2, -0.15) is 0 Å². The van der Waals surface area contributed by atoms with Crippen molar-refractivity contribution in [3.63, 3.8) is 0 Å². The first kappa shape index (κ1) is 17.8. The number of para-hydroxylation sites is 1. The van der Waals surface area contributed by atoms with E-state index in [1.165, 1.54) is 0 Å². The Morgan fingerprint density at radius 1 is 1.16 bits per heavy atom. The van der Waals surface area contributed by atoms with Crippen LogP contribution in [-0.4, -0.2) is 54.4 Å². The molecular weight excluding hydrogens is 316 g/mol. The molecule has 0 aliphatic carbocycles. The standard InChI is InChI=1S/C20H28N2O3/c1-15(23)22-11-6-5-8-17-14-21(12-10-18(17)22)20(24)13-16-7-3-4-9-19(16)25-2/h3-4,7,9,17-18H,5-6,8,10-14H2,1-2H3/t17-,18+/m0/s1. The molecule has 0 aromatic heterocycles. The highest BCUT2D eigenvalue weighted by Crippen LogP contribution is 2.30. The van der Waals surface area contributed by atoms with Gasteiger partial charge in [-0.3, -0.25) is 9.59 Å². The van der Waals surface area contributed by atoms with Crippen LogP contribution in [0, 0.1) is 5.92 Å². The fourth-order valence-corrected chi connectivity index (χ4v) is 4.31. The zero-order valence-electron chi connectivity index (χ0n) is 15.2. The van der Waals surface area contributed by atoms with Gasteiger partial charge in [-0.05, 0) is 31.2 Å². The molecule has 0 spiro atoms. The number of likely N-dealkylation sites (tertiary alicyclic amines) is 2. The summed E-state index contributed by atoms with van der Waals surface area (Å²) in [5.74, 6) is 1.50. The third kappa shape index (κ3) is 3.97. The molecule has 2 fully saturated rings. The largest absolute Gasteiger partial charge is 0.496 e. The minimum Gasteiger partial charge on any atom is -0.496 e. The van der Waals surface area contributed by atoms with E-state index in [1.807, 2.05) is 34.1 Å². The van der Waals surface area contributed by atoms with Gasteiger partial charge in [0.2, 0.25) is 11.8 Å². The molecule has 2 atom stereocenters. The minimum absolute atomic E-state index is 0.154. The number of carbonyl (C=O) groups is 2. The Balaban J connectivity index is 1.67. The summed E-state index contributed by atoms with van der Waals surface area (Å²) in [5.41, 5.74) is 0.934. The molecule has 0 radical (unpaired) electrons. The molecule has 25 heavy (non-hydrogen) atoms. The Bertz CT molecular complexity index is 631. The van der Waals surface area contributed by atoms with Crippen LogP contribution in [0.2, 0.25) is 0 Å². The first-order valence-electron chi connectivity index (χ1n) is 9.27. The first-order chi connectivity index (χ1) is 12.1. The first-order valence-corrected chi connectivity index (χ1v) is 9.27. The highest BCUT2D eigenvalue weighted by molar-refractivity contribution is 5.80. The van der Waals surface area contributed by atoms with E-state index in [9.17, 15) is 9.59 Å². The van der Waals surface area contributed by atoms with Gasteiger partial charge < -0.3 is 14.5 Å². The Morgan fingerprint density at radius 3 is 2.72 bits per heavy atom. The van der Waals surface area contributed by atoms with Crippen molar-refractivity contribution in [3.8, 4) is 5.75 Å². The molecule has 136 valence electrons. The van der Waals surface area contributed by atoms with Crippen molar-refractivity contribution in [1.29, 1.82) is 0 Å². The third-order valence-electron chi connectivity index (χ3n) is 5.61. The fraction of sp³-hybridized carbons (Fsp3) is 0.600. The number of carbonyl (C=O) groups excluding carboxylic acids is 2. The molecule has 1 aromatic rings. The molecule has 2 aliphatic rings. The number of benzene rings is 1. The number of amides is 2. The third-order valence-corrected chi connectivity index (χ3v) is 5.61. The van der Waals surface area contributed by atoms with Crippen molar-refractivity contribution in [3.05, 3.63) is 29.8 Å². The molecule has 2 aliphatic heterocycles. The fourth-order valence-electron chi connectivity index (χ4n) is 4.31. The van der Waals surface area contributed by atoms with E-state index >= 15 is 0 Å². The van der Waals surface area contributed by atoms with Crippen LogP contribution in [0.1, 0.15) is 38.2 Å². The van der Waals surface area contributed by atoms with Crippen LogP contribution < -0.4 is 4.74 Å². The van der Waals surface area contributed by atoms with Gasteiger partial charge in [-0.25, -0.2) is 0 Å². The Morgan fingerprint density at radius 2 is 1.96 bits per heavy atom. The lowest BCUT2D eigenvalue weighted by atomic mass is 9.88. The summed E-state index contributed by atoms with van der Waals surface area (Å²) in [6.45, 7) is 4.04. The second kappa shape index (κ2) is 7.89. The molecule has 0 bridgehead atoms. The molecule has 3 rings (SSSR count). The van der Waals surface area contributed by atoms with E-state index in [2.05, 4.69) is 0 Å². The van der Waals surface area contributed by atoms with Gasteiger partial charge in [-0.1, -0.05) is 24.6 Å². The number of ether oxygens (including phenoxy) is 1. The SMILES string of the molecule is COc1ccccc1CC(=O)N1CC[C@@H]2[C@@H](CCCCN2C(C)=O)C1. The summed E-state index contributed by atoms with van der Waals surface area (Å²) in [6.07, 6.45) is 4.58. The van der Waals surface area contributed by atoms with E-state index in [0.717, 1.165) is 56.6 Å². The molecule has 2 amide bonds. The van der Waals surface area contributed by atoms with Crippen LogP contribution in [0.4, 0.5) is 0 Å². The van der Waals surface area contributed by atoms with Crippen LogP contribution in [0.3, 0.4) is 0 Å². The second-order valence-corrected chi connectivity index (χ2v) is 7.15. The van der Waals surface area contributed by atoms with E-state index in [0.29, 0.717) is 18.4 Å². The average Bonchev–Trinajstić information content (AvgIpc) is 2.84. The van der Waals surface area contributed by atoms with Crippen molar-refractivity contribution in [2.75, 3.05) is 26.7 Å². The van der Waals surface area contributed by atoms with E-state index in [-0.39, 0.29) is 11.8 Å². The van der Waals surface area contributed by atoms with Crippen molar-refractivity contribution < 1.29 is 14.3 Å². The van der Waals surface area contributed by atoms with Crippen LogP contribution in [0.5, 0.6) is 5.75 Å². The summed E-state index contributed by atoms with van der Waals surface area (Å²) in [7, 11) is 1.64. The molecule has 5 heteroatoms. The number of piperidine rings is 1. The van der Waals surface area contributed by atoms with Gasteiger partial charge in [0.05, 0.1) is 13.5 Å². The van der Waals surface area contributed by atoms with Gasteiger partial charge in [0.25, 0.3) is 0 Å². The normalized spacial score (nSPS) is 23.6. The quantitative estimate of drug-likeness (QED) is 0.846. The summed E-state index contributed by atoms with van der Waals surface area (Å²) in [5, 5.41) is 0. The van der Waals surface area contributed by atoms with Crippen molar-refractivity contribution in [2.24, 2.45) is 5.92 Å². The highest BCUT2D eigenvalue weighted by Gasteiger charge is 2.37. The van der Waals surface area contributed by atoms with Crippen molar-refractivity contribution >= 4 is 11.8 Å². The van der Waals surface area contributed by atoms with Crippen LogP contribution >= 0.6 is 0 Å². The number of nitrogens with zero attached hydrogens (tertiary/aromatic N) is 2. The summed E-state index contributed by atoms with van der Waals surface area (Å²) < 4.78 is 5.36. The molecule has 2 saturated heterocycles. The topological polar surface area (TPSA) is 49.9 Å². The lowest BCUT2D eigenvalue weighted by Gasteiger charge is -2.42. The number of fused-ring (bicyclic) bond motifs is 1. The van der Waals surface area contributed by atoms with E-state index in [1.54, 1.807) is 14.0 Å². The van der Waals surface area contributed by atoms with Crippen LogP contribution in [-0.2, 0) is 16.0 Å². The zero-order valence-corrected chi connectivity index (χ0v) is 15.2. The maximum Gasteiger partial charge on any atom is 0.227 e. The van der Waals surface area contributed by atoms with Crippen LogP contribution in [0.25, 0.3) is 0 Å². The van der Waals surface area contributed by atoms with Gasteiger partial charge in [0.15, 0.2) is 0 Å². The Hall–Kier alpha value is -2.04. The second-order valence-electron chi connectivity index (χ2n) is 7.15. The predicted octanol–water partition coefficient (Wildman–Crippen LogP) is 2.49. The van der Waals surface area contributed by atoms with E-state index in [4.69, 9.17) is 4.74 Å². The molecule has 0 saturated carbocycles. The maximum absolute atomic E-state index is 12.8. The molecule has 5 nitrogen and oxygen atoms in total. The van der Waals surface area contributed by atoms with Gasteiger partial charge >= 0.3 is 0 Å².